The van der Waals surface area contributed by atoms with Gasteiger partial charge in [-0.1, -0.05) is 38.1 Å². The monoisotopic (exact) mass is 337 g/mol. The summed E-state index contributed by atoms with van der Waals surface area (Å²) in [5, 5.41) is 5.38. The van der Waals surface area contributed by atoms with Gasteiger partial charge in [-0.15, -0.1) is 11.3 Å². The lowest BCUT2D eigenvalue weighted by atomic mass is 9.97. The van der Waals surface area contributed by atoms with Gasteiger partial charge in [0.15, 0.2) is 5.13 Å². The number of amides is 1. The Morgan fingerprint density at radius 1 is 1.17 bits per heavy atom. The SMILES string of the molecule is CCC(C)c1ccc(-c2csc(NC(=O)c3ccncc3)n2)cc1. The average molecular weight is 337 g/mol. The van der Waals surface area contributed by atoms with Gasteiger partial charge in [-0.2, -0.15) is 0 Å². The van der Waals surface area contributed by atoms with Gasteiger partial charge in [0.05, 0.1) is 5.69 Å². The van der Waals surface area contributed by atoms with Crippen LogP contribution in [-0.4, -0.2) is 15.9 Å². The minimum atomic E-state index is -0.176. The van der Waals surface area contributed by atoms with Crippen LogP contribution in [0.1, 0.15) is 42.1 Å². The van der Waals surface area contributed by atoms with Crippen LogP contribution in [0.15, 0.2) is 54.2 Å². The van der Waals surface area contributed by atoms with E-state index in [0.29, 0.717) is 16.6 Å². The van der Waals surface area contributed by atoms with Crippen molar-refractivity contribution in [1.29, 1.82) is 0 Å². The zero-order chi connectivity index (χ0) is 16.9. The van der Waals surface area contributed by atoms with Crippen LogP contribution in [0.4, 0.5) is 5.13 Å². The molecule has 24 heavy (non-hydrogen) atoms. The lowest BCUT2D eigenvalue weighted by molar-refractivity contribution is 0.102. The summed E-state index contributed by atoms with van der Waals surface area (Å²) in [6.45, 7) is 4.42. The van der Waals surface area contributed by atoms with Crippen LogP contribution in [0.5, 0.6) is 0 Å². The summed E-state index contributed by atoms with van der Waals surface area (Å²) in [4.78, 5) is 20.6. The summed E-state index contributed by atoms with van der Waals surface area (Å²) in [6.07, 6.45) is 4.32. The van der Waals surface area contributed by atoms with Crippen molar-refractivity contribution >= 4 is 22.4 Å². The van der Waals surface area contributed by atoms with E-state index in [9.17, 15) is 4.79 Å². The maximum Gasteiger partial charge on any atom is 0.257 e. The van der Waals surface area contributed by atoms with Gasteiger partial charge < -0.3 is 0 Å². The minimum absolute atomic E-state index is 0.176. The Morgan fingerprint density at radius 2 is 1.88 bits per heavy atom. The molecule has 0 saturated carbocycles. The van der Waals surface area contributed by atoms with Crippen LogP contribution < -0.4 is 5.32 Å². The maximum absolute atomic E-state index is 12.1. The molecule has 122 valence electrons. The summed E-state index contributed by atoms with van der Waals surface area (Å²) < 4.78 is 0. The van der Waals surface area contributed by atoms with Crippen molar-refractivity contribution < 1.29 is 4.79 Å². The molecule has 0 aliphatic heterocycles. The van der Waals surface area contributed by atoms with Gasteiger partial charge in [0.25, 0.3) is 5.91 Å². The maximum atomic E-state index is 12.1. The molecule has 3 rings (SSSR count). The number of carbonyl (C=O) groups excluding carboxylic acids is 1. The standard InChI is InChI=1S/C19H19N3OS/c1-3-13(2)14-4-6-15(7-5-14)17-12-24-19(21-17)22-18(23)16-8-10-20-11-9-16/h4-13H,3H2,1-2H3,(H,21,22,23). The third-order valence-corrected chi connectivity index (χ3v) is 4.81. The highest BCUT2D eigenvalue weighted by molar-refractivity contribution is 7.14. The zero-order valence-corrected chi connectivity index (χ0v) is 14.5. The number of aromatic nitrogens is 2. The fraction of sp³-hybridized carbons (Fsp3) is 0.211. The molecule has 0 spiro atoms. The van der Waals surface area contributed by atoms with Crippen molar-refractivity contribution in [3.8, 4) is 11.3 Å². The predicted octanol–water partition coefficient (Wildman–Crippen LogP) is 4.97. The molecule has 1 amide bonds. The first kappa shape index (κ1) is 16.3. The normalized spacial score (nSPS) is 11.9. The third-order valence-electron chi connectivity index (χ3n) is 4.06. The van der Waals surface area contributed by atoms with Crippen molar-refractivity contribution in [3.05, 3.63) is 65.3 Å². The number of hydrogen-bond donors (Lipinski definition) is 1. The Morgan fingerprint density at radius 3 is 2.54 bits per heavy atom. The van der Waals surface area contributed by atoms with Crippen LogP contribution >= 0.6 is 11.3 Å². The van der Waals surface area contributed by atoms with Crippen LogP contribution in [0.3, 0.4) is 0 Å². The summed E-state index contributed by atoms with van der Waals surface area (Å²) in [5.74, 6) is 0.384. The molecule has 4 nitrogen and oxygen atoms in total. The number of pyridine rings is 1. The lowest BCUT2D eigenvalue weighted by Crippen LogP contribution is -2.11. The van der Waals surface area contributed by atoms with E-state index in [1.54, 1.807) is 24.5 Å². The quantitative estimate of drug-likeness (QED) is 0.715. The molecule has 2 aromatic heterocycles. The Balaban J connectivity index is 1.72. The van der Waals surface area contributed by atoms with Gasteiger partial charge >= 0.3 is 0 Å². The second kappa shape index (κ2) is 7.36. The Hall–Kier alpha value is -2.53. The van der Waals surface area contributed by atoms with Crippen LogP contribution in [0.2, 0.25) is 0 Å². The number of hydrogen-bond acceptors (Lipinski definition) is 4. The van der Waals surface area contributed by atoms with Crippen molar-refractivity contribution in [1.82, 2.24) is 9.97 Å². The van der Waals surface area contributed by atoms with Crippen molar-refractivity contribution in [2.75, 3.05) is 5.32 Å². The molecule has 0 aliphatic carbocycles. The van der Waals surface area contributed by atoms with E-state index in [2.05, 4.69) is 53.4 Å². The topological polar surface area (TPSA) is 54.9 Å². The second-order valence-corrected chi connectivity index (χ2v) is 6.52. The van der Waals surface area contributed by atoms with Gasteiger partial charge in [-0.05, 0) is 30.0 Å². The lowest BCUT2D eigenvalue weighted by Gasteiger charge is -2.08. The van der Waals surface area contributed by atoms with E-state index in [1.807, 2.05) is 5.38 Å². The zero-order valence-electron chi connectivity index (χ0n) is 13.7. The number of rotatable bonds is 5. The minimum Gasteiger partial charge on any atom is -0.298 e. The first-order chi connectivity index (χ1) is 11.7. The first-order valence-electron chi connectivity index (χ1n) is 7.94. The predicted molar refractivity (Wildman–Crippen MR) is 98.4 cm³/mol. The summed E-state index contributed by atoms with van der Waals surface area (Å²) in [6, 6.07) is 11.8. The van der Waals surface area contributed by atoms with Gasteiger partial charge in [-0.3, -0.25) is 15.1 Å². The smallest absolute Gasteiger partial charge is 0.257 e. The fourth-order valence-corrected chi connectivity index (χ4v) is 3.07. The fourth-order valence-electron chi connectivity index (χ4n) is 2.35. The third kappa shape index (κ3) is 3.68. The second-order valence-electron chi connectivity index (χ2n) is 5.66. The summed E-state index contributed by atoms with van der Waals surface area (Å²) in [5.41, 5.74) is 3.84. The average Bonchev–Trinajstić information content (AvgIpc) is 3.10. The van der Waals surface area contributed by atoms with Gasteiger partial charge in [0, 0.05) is 28.9 Å². The van der Waals surface area contributed by atoms with Gasteiger partial charge in [-0.25, -0.2) is 4.98 Å². The summed E-state index contributed by atoms with van der Waals surface area (Å²) >= 11 is 1.42. The molecule has 0 bridgehead atoms. The van der Waals surface area contributed by atoms with Crippen molar-refractivity contribution in [3.63, 3.8) is 0 Å². The highest BCUT2D eigenvalue weighted by Crippen LogP contribution is 2.27. The molecule has 0 saturated heterocycles. The van der Waals surface area contributed by atoms with E-state index < -0.39 is 0 Å². The number of carbonyl (C=O) groups is 1. The first-order valence-corrected chi connectivity index (χ1v) is 8.82. The van der Waals surface area contributed by atoms with Gasteiger partial charge in [0.1, 0.15) is 0 Å². The van der Waals surface area contributed by atoms with E-state index in [4.69, 9.17) is 0 Å². The number of nitrogens with one attached hydrogen (secondary N) is 1. The number of nitrogens with zero attached hydrogens (tertiary/aromatic N) is 2. The number of thiazole rings is 1. The molecule has 5 heteroatoms. The molecule has 2 heterocycles. The van der Waals surface area contributed by atoms with Gasteiger partial charge in [0.2, 0.25) is 0 Å². The van der Waals surface area contributed by atoms with Crippen LogP contribution in [0.25, 0.3) is 11.3 Å². The Labute approximate surface area is 145 Å². The molecule has 1 N–H and O–H groups in total. The summed E-state index contributed by atoms with van der Waals surface area (Å²) in [7, 11) is 0. The molecule has 1 aromatic carbocycles. The highest BCUT2D eigenvalue weighted by atomic mass is 32.1. The molecule has 0 radical (unpaired) electrons. The molecular weight excluding hydrogens is 318 g/mol. The number of anilines is 1. The highest BCUT2D eigenvalue weighted by Gasteiger charge is 2.10. The van der Waals surface area contributed by atoms with E-state index in [1.165, 1.54) is 16.9 Å². The van der Waals surface area contributed by atoms with Crippen molar-refractivity contribution in [2.24, 2.45) is 0 Å². The molecule has 3 aromatic rings. The molecular formula is C19H19N3OS. The largest absolute Gasteiger partial charge is 0.298 e. The van der Waals surface area contributed by atoms with Crippen LogP contribution in [0, 0.1) is 0 Å². The molecule has 1 unspecified atom stereocenters. The molecule has 1 atom stereocenters. The molecule has 0 fully saturated rings. The van der Waals surface area contributed by atoms with Crippen molar-refractivity contribution in [2.45, 2.75) is 26.2 Å². The van der Waals surface area contributed by atoms with Crippen LogP contribution in [-0.2, 0) is 0 Å². The van der Waals surface area contributed by atoms with E-state index in [-0.39, 0.29) is 5.91 Å². The Bertz CT molecular complexity index is 812. The Kier molecular flexibility index (Phi) is 5.01. The van der Waals surface area contributed by atoms with E-state index in [0.717, 1.165) is 17.7 Å². The molecule has 0 aliphatic rings. The number of benzene rings is 1. The van der Waals surface area contributed by atoms with E-state index >= 15 is 0 Å².